The minimum Gasteiger partial charge on any atom is -0.304 e. The Bertz CT molecular complexity index is 601. The zero-order valence-electron chi connectivity index (χ0n) is 11.3. The van der Waals surface area contributed by atoms with Crippen molar-refractivity contribution >= 4 is 31.9 Å². The lowest BCUT2D eigenvalue weighted by molar-refractivity contribution is 0.491. The van der Waals surface area contributed by atoms with Crippen LogP contribution in [-0.4, -0.2) is 0 Å². The largest absolute Gasteiger partial charge is 0.304 e. The van der Waals surface area contributed by atoms with Gasteiger partial charge in [-0.3, -0.25) is 0 Å². The normalized spacial score (nSPS) is 14.1. The molecule has 1 unspecified atom stereocenters. The first-order valence-electron chi connectivity index (χ1n) is 6.44. The Kier molecular flexibility index (Phi) is 5.35. The molecule has 2 aromatic rings. The summed E-state index contributed by atoms with van der Waals surface area (Å²) in [5, 5.41) is 3.53. The van der Waals surface area contributed by atoms with Gasteiger partial charge >= 0.3 is 0 Å². The van der Waals surface area contributed by atoms with Gasteiger partial charge in [-0.25, -0.2) is 4.39 Å². The molecule has 0 saturated carbocycles. The number of hydrogen-bond donors (Lipinski definition) is 1. The lowest BCUT2D eigenvalue weighted by atomic mass is 10.0. The summed E-state index contributed by atoms with van der Waals surface area (Å²) >= 11 is 6.99. The van der Waals surface area contributed by atoms with Crippen LogP contribution in [0, 0.1) is 5.82 Å². The first-order valence-corrected chi connectivity index (χ1v) is 8.03. The zero-order chi connectivity index (χ0) is 14.7. The van der Waals surface area contributed by atoms with Crippen LogP contribution >= 0.6 is 31.9 Å². The third kappa shape index (κ3) is 3.68. The topological polar surface area (TPSA) is 12.0 Å². The fourth-order valence-electron chi connectivity index (χ4n) is 2.23. The number of halogens is 3. The third-order valence-electron chi connectivity index (χ3n) is 3.30. The molecule has 1 N–H and O–H groups in total. The maximum atomic E-state index is 13.1. The average Bonchev–Trinajstić information content (AvgIpc) is 2.38. The quantitative estimate of drug-likeness (QED) is 0.687. The maximum Gasteiger partial charge on any atom is 0.124 e. The minimum absolute atomic E-state index is 0.118. The highest BCUT2D eigenvalue weighted by Gasteiger charge is 2.15. The Balaban J connectivity index is 2.15. The van der Waals surface area contributed by atoms with E-state index in [0.29, 0.717) is 0 Å². The molecule has 0 aliphatic carbocycles. The summed E-state index contributed by atoms with van der Waals surface area (Å²) in [5.74, 6) is -0.230. The van der Waals surface area contributed by atoms with Crippen LogP contribution in [0.4, 0.5) is 4.39 Å². The standard InChI is InChI=1S/C16H16Br2FN/c1-10(13-5-3-4-6-15(13)17)20-11(2)14-8-7-12(19)9-16(14)18/h3-11,20H,1-2H3/t10-,11?/m1/s1. The molecule has 0 radical (unpaired) electrons. The van der Waals surface area contributed by atoms with Crippen LogP contribution in [-0.2, 0) is 0 Å². The summed E-state index contributed by atoms with van der Waals surface area (Å²) < 4.78 is 15.0. The lowest BCUT2D eigenvalue weighted by Gasteiger charge is -2.22. The van der Waals surface area contributed by atoms with E-state index < -0.39 is 0 Å². The monoisotopic (exact) mass is 399 g/mol. The first kappa shape index (κ1) is 15.7. The SMILES string of the molecule is CC(N[C@H](C)c1ccccc1Br)c1ccc(F)cc1Br. The highest BCUT2D eigenvalue weighted by Crippen LogP contribution is 2.28. The molecule has 0 saturated heterocycles. The molecule has 0 aliphatic rings. The van der Waals surface area contributed by atoms with Crippen molar-refractivity contribution in [2.24, 2.45) is 0 Å². The molecule has 2 aromatic carbocycles. The molecule has 0 spiro atoms. The number of rotatable bonds is 4. The Morgan fingerprint density at radius 3 is 2.10 bits per heavy atom. The van der Waals surface area contributed by atoms with Crippen LogP contribution in [0.15, 0.2) is 51.4 Å². The van der Waals surface area contributed by atoms with Crippen molar-refractivity contribution in [2.75, 3.05) is 0 Å². The summed E-state index contributed by atoms with van der Waals surface area (Å²) in [6.07, 6.45) is 0. The predicted octanol–water partition coefficient (Wildman–Crippen LogP) is 5.76. The van der Waals surface area contributed by atoms with Gasteiger partial charge in [-0.05, 0) is 43.2 Å². The molecular formula is C16H16Br2FN. The van der Waals surface area contributed by atoms with Crippen LogP contribution in [0.5, 0.6) is 0 Å². The third-order valence-corrected chi connectivity index (χ3v) is 4.71. The highest BCUT2D eigenvalue weighted by molar-refractivity contribution is 9.10. The van der Waals surface area contributed by atoms with Crippen molar-refractivity contribution in [1.29, 1.82) is 0 Å². The van der Waals surface area contributed by atoms with Crippen molar-refractivity contribution in [2.45, 2.75) is 25.9 Å². The van der Waals surface area contributed by atoms with E-state index >= 15 is 0 Å². The number of hydrogen-bond acceptors (Lipinski definition) is 1. The fraction of sp³-hybridized carbons (Fsp3) is 0.250. The molecule has 0 aromatic heterocycles. The summed E-state index contributed by atoms with van der Waals surface area (Å²) in [7, 11) is 0. The lowest BCUT2D eigenvalue weighted by Crippen LogP contribution is -2.23. The molecule has 20 heavy (non-hydrogen) atoms. The minimum atomic E-state index is -0.230. The Hall–Kier alpha value is -0.710. The second-order valence-electron chi connectivity index (χ2n) is 4.80. The molecule has 0 fully saturated rings. The van der Waals surface area contributed by atoms with Crippen molar-refractivity contribution < 1.29 is 4.39 Å². The van der Waals surface area contributed by atoms with Crippen molar-refractivity contribution in [3.63, 3.8) is 0 Å². The van der Waals surface area contributed by atoms with E-state index in [1.54, 1.807) is 0 Å². The van der Waals surface area contributed by atoms with Gasteiger partial charge in [-0.1, -0.05) is 56.1 Å². The van der Waals surface area contributed by atoms with Crippen LogP contribution < -0.4 is 5.32 Å². The van der Waals surface area contributed by atoms with E-state index in [2.05, 4.69) is 57.1 Å². The van der Waals surface area contributed by atoms with E-state index in [1.807, 2.05) is 24.3 Å². The van der Waals surface area contributed by atoms with E-state index in [0.717, 1.165) is 14.5 Å². The Morgan fingerprint density at radius 2 is 1.50 bits per heavy atom. The van der Waals surface area contributed by atoms with Gasteiger partial charge in [-0.15, -0.1) is 0 Å². The molecule has 106 valence electrons. The summed E-state index contributed by atoms with van der Waals surface area (Å²) in [6, 6.07) is 13.3. The van der Waals surface area contributed by atoms with Gasteiger partial charge in [0, 0.05) is 21.0 Å². The molecule has 0 bridgehead atoms. The predicted molar refractivity (Wildman–Crippen MR) is 88.2 cm³/mol. The second kappa shape index (κ2) is 6.83. The van der Waals surface area contributed by atoms with Crippen molar-refractivity contribution in [3.05, 3.63) is 68.4 Å². The molecule has 4 heteroatoms. The molecule has 2 atom stereocenters. The Labute approximate surface area is 135 Å². The van der Waals surface area contributed by atoms with Crippen LogP contribution in [0.1, 0.15) is 37.1 Å². The summed E-state index contributed by atoms with van der Waals surface area (Å²) in [6.45, 7) is 4.19. The highest BCUT2D eigenvalue weighted by atomic mass is 79.9. The summed E-state index contributed by atoms with van der Waals surface area (Å²) in [5.41, 5.74) is 2.25. The van der Waals surface area contributed by atoms with E-state index in [4.69, 9.17) is 0 Å². The molecule has 0 aliphatic heterocycles. The van der Waals surface area contributed by atoms with Gasteiger partial charge in [-0.2, -0.15) is 0 Å². The fourth-order valence-corrected chi connectivity index (χ4v) is 3.56. The van der Waals surface area contributed by atoms with E-state index in [-0.39, 0.29) is 17.9 Å². The van der Waals surface area contributed by atoms with Crippen LogP contribution in [0.25, 0.3) is 0 Å². The maximum absolute atomic E-state index is 13.1. The van der Waals surface area contributed by atoms with Crippen molar-refractivity contribution in [1.82, 2.24) is 5.32 Å². The van der Waals surface area contributed by atoms with Gasteiger partial charge in [0.25, 0.3) is 0 Å². The molecule has 0 amide bonds. The average molecular weight is 401 g/mol. The first-order chi connectivity index (χ1) is 9.49. The van der Waals surface area contributed by atoms with Crippen LogP contribution in [0.2, 0.25) is 0 Å². The van der Waals surface area contributed by atoms with Crippen LogP contribution in [0.3, 0.4) is 0 Å². The van der Waals surface area contributed by atoms with Gasteiger partial charge in [0.15, 0.2) is 0 Å². The van der Waals surface area contributed by atoms with Gasteiger partial charge < -0.3 is 5.32 Å². The molecule has 1 nitrogen and oxygen atoms in total. The molecular weight excluding hydrogens is 385 g/mol. The number of benzene rings is 2. The molecule has 0 heterocycles. The van der Waals surface area contributed by atoms with Crippen molar-refractivity contribution in [3.8, 4) is 0 Å². The van der Waals surface area contributed by atoms with E-state index in [9.17, 15) is 4.39 Å². The molecule has 2 rings (SSSR count). The second-order valence-corrected chi connectivity index (χ2v) is 6.51. The van der Waals surface area contributed by atoms with Gasteiger partial charge in [0.1, 0.15) is 5.82 Å². The van der Waals surface area contributed by atoms with Gasteiger partial charge in [0.05, 0.1) is 0 Å². The Morgan fingerprint density at radius 1 is 0.900 bits per heavy atom. The van der Waals surface area contributed by atoms with Gasteiger partial charge in [0.2, 0.25) is 0 Å². The summed E-state index contributed by atoms with van der Waals surface area (Å²) in [4.78, 5) is 0. The number of nitrogens with one attached hydrogen (secondary N) is 1. The zero-order valence-corrected chi connectivity index (χ0v) is 14.5. The smallest absolute Gasteiger partial charge is 0.124 e. The van der Waals surface area contributed by atoms with E-state index in [1.165, 1.54) is 17.7 Å².